The maximum Gasteiger partial charge on any atom is 0.192 e. The van der Waals surface area contributed by atoms with Crippen molar-refractivity contribution in [2.24, 2.45) is 0 Å². The average Bonchev–Trinajstić information content (AvgIpc) is 2.47. The first-order chi connectivity index (χ1) is 9.69. The molecule has 0 aliphatic carbocycles. The summed E-state index contributed by atoms with van der Waals surface area (Å²) in [5, 5.41) is 0.545. The van der Waals surface area contributed by atoms with Crippen molar-refractivity contribution in [2.75, 3.05) is 0 Å². The molecule has 0 fully saturated rings. The fraction of sp³-hybridized carbons (Fsp3) is 0.200. The van der Waals surface area contributed by atoms with E-state index in [0.29, 0.717) is 16.9 Å². The summed E-state index contributed by atoms with van der Waals surface area (Å²) in [5.41, 5.74) is 2.42. The minimum atomic E-state index is -0.0536. The lowest BCUT2D eigenvalue weighted by atomic mass is 10.2. The zero-order chi connectivity index (χ0) is 14.1. The molecule has 0 saturated heterocycles. The number of rotatable bonds is 2. The molecule has 3 heterocycles. The van der Waals surface area contributed by atoms with Crippen molar-refractivity contribution in [2.45, 2.75) is 20.4 Å². The van der Waals surface area contributed by atoms with Crippen molar-refractivity contribution in [1.82, 2.24) is 19.5 Å². The van der Waals surface area contributed by atoms with E-state index >= 15 is 0 Å². The fourth-order valence-corrected chi connectivity index (χ4v) is 2.16. The Morgan fingerprint density at radius 3 is 2.85 bits per heavy atom. The SMILES string of the molecule is CCn1ccc(=O)c2cnc(-c3ccnc(C)c3)nc21. The van der Waals surface area contributed by atoms with Gasteiger partial charge >= 0.3 is 0 Å². The van der Waals surface area contributed by atoms with Crippen molar-refractivity contribution in [1.29, 1.82) is 0 Å². The number of aromatic nitrogens is 4. The van der Waals surface area contributed by atoms with Gasteiger partial charge in [0.1, 0.15) is 5.65 Å². The smallest absolute Gasteiger partial charge is 0.192 e. The Hall–Kier alpha value is -2.56. The van der Waals surface area contributed by atoms with Gasteiger partial charge in [0.15, 0.2) is 11.3 Å². The van der Waals surface area contributed by atoms with Gasteiger partial charge in [0.05, 0.1) is 5.39 Å². The Morgan fingerprint density at radius 2 is 2.10 bits per heavy atom. The molecule has 5 heteroatoms. The molecule has 0 aliphatic rings. The van der Waals surface area contributed by atoms with Crippen LogP contribution in [0.5, 0.6) is 0 Å². The second-order valence-electron chi connectivity index (χ2n) is 4.58. The van der Waals surface area contributed by atoms with Crippen LogP contribution in [0.25, 0.3) is 22.4 Å². The second kappa shape index (κ2) is 4.85. The third-order valence-electron chi connectivity index (χ3n) is 3.21. The van der Waals surface area contributed by atoms with E-state index in [1.165, 1.54) is 0 Å². The summed E-state index contributed by atoms with van der Waals surface area (Å²) in [6.07, 6.45) is 5.09. The Kier molecular flexibility index (Phi) is 3.02. The van der Waals surface area contributed by atoms with Crippen LogP contribution in [0.15, 0.2) is 41.6 Å². The minimum Gasteiger partial charge on any atom is -0.332 e. The van der Waals surface area contributed by atoms with Crippen LogP contribution in [0.4, 0.5) is 0 Å². The molecule has 3 rings (SSSR count). The van der Waals surface area contributed by atoms with Gasteiger partial charge in [0.2, 0.25) is 0 Å². The summed E-state index contributed by atoms with van der Waals surface area (Å²) in [6.45, 7) is 4.69. The summed E-state index contributed by atoms with van der Waals surface area (Å²) < 4.78 is 1.94. The second-order valence-corrected chi connectivity index (χ2v) is 4.58. The normalized spacial score (nSPS) is 10.9. The number of hydrogen-bond donors (Lipinski definition) is 0. The van der Waals surface area contributed by atoms with Crippen LogP contribution in [0.3, 0.4) is 0 Å². The van der Waals surface area contributed by atoms with Crippen LogP contribution in [-0.4, -0.2) is 19.5 Å². The number of fused-ring (bicyclic) bond motifs is 1. The summed E-state index contributed by atoms with van der Waals surface area (Å²) in [5.74, 6) is 0.607. The predicted molar refractivity (Wildman–Crippen MR) is 77.4 cm³/mol. The van der Waals surface area contributed by atoms with Gasteiger partial charge in [-0.15, -0.1) is 0 Å². The molecule has 0 N–H and O–H groups in total. The average molecular weight is 266 g/mol. The number of aryl methyl sites for hydroxylation is 2. The highest BCUT2D eigenvalue weighted by Gasteiger charge is 2.08. The zero-order valence-corrected chi connectivity index (χ0v) is 11.4. The molecule has 0 bridgehead atoms. The van der Waals surface area contributed by atoms with Crippen LogP contribution in [-0.2, 0) is 6.54 Å². The Balaban J connectivity index is 2.27. The van der Waals surface area contributed by atoms with Crippen LogP contribution < -0.4 is 5.43 Å². The van der Waals surface area contributed by atoms with Gasteiger partial charge in [-0.25, -0.2) is 9.97 Å². The van der Waals surface area contributed by atoms with E-state index in [-0.39, 0.29) is 5.43 Å². The predicted octanol–water partition coefficient (Wildman–Crippen LogP) is 2.18. The van der Waals surface area contributed by atoms with E-state index < -0.39 is 0 Å². The first-order valence-electron chi connectivity index (χ1n) is 6.48. The van der Waals surface area contributed by atoms with Gasteiger partial charge in [-0.3, -0.25) is 9.78 Å². The van der Waals surface area contributed by atoms with E-state index in [1.54, 1.807) is 24.7 Å². The van der Waals surface area contributed by atoms with E-state index in [0.717, 1.165) is 17.8 Å². The topological polar surface area (TPSA) is 60.7 Å². The molecule has 0 aliphatic heterocycles. The molecule has 100 valence electrons. The molecule has 3 aromatic heterocycles. The lowest BCUT2D eigenvalue weighted by molar-refractivity contribution is 0.776. The Labute approximate surface area is 116 Å². The summed E-state index contributed by atoms with van der Waals surface area (Å²) in [6, 6.07) is 5.34. The summed E-state index contributed by atoms with van der Waals surface area (Å²) >= 11 is 0. The van der Waals surface area contributed by atoms with Crippen LogP contribution in [0, 0.1) is 6.92 Å². The lowest BCUT2D eigenvalue weighted by Crippen LogP contribution is -2.09. The van der Waals surface area contributed by atoms with E-state index in [1.807, 2.05) is 30.5 Å². The Bertz CT molecular complexity index is 839. The maximum atomic E-state index is 11.8. The summed E-state index contributed by atoms with van der Waals surface area (Å²) in [4.78, 5) is 24.9. The van der Waals surface area contributed by atoms with Crippen molar-refractivity contribution in [3.05, 3.63) is 52.7 Å². The highest BCUT2D eigenvalue weighted by molar-refractivity contribution is 5.76. The molecule has 0 radical (unpaired) electrons. The molecule has 0 unspecified atom stereocenters. The van der Waals surface area contributed by atoms with E-state index in [4.69, 9.17) is 0 Å². The monoisotopic (exact) mass is 266 g/mol. The highest BCUT2D eigenvalue weighted by atomic mass is 16.1. The van der Waals surface area contributed by atoms with Gasteiger partial charge < -0.3 is 4.57 Å². The lowest BCUT2D eigenvalue weighted by Gasteiger charge is -2.08. The van der Waals surface area contributed by atoms with Crippen LogP contribution >= 0.6 is 0 Å². The third-order valence-corrected chi connectivity index (χ3v) is 3.21. The van der Waals surface area contributed by atoms with E-state index in [9.17, 15) is 4.79 Å². The number of pyridine rings is 2. The first kappa shape index (κ1) is 12.5. The standard InChI is InChI=1S/C15H14N4O/c1-3-19-7-5-13(20)12-9-17-14(18-15(12)19)11-4-6-16-10(2)8-11/h4-9H,3H2,1-2H3. The van der Waals surface area contributed by atoms with Gasteiger partial charge in [0, 0.05) is 42.5 Å². The molecule has 0 saturated carbocycles. The molecule has 3 aromatic rings. The van der Waals surface area contributed by atoms with Crippen molar-refractivity contribution < 1.29 is 0 Å². The largest absolute Gasteiger partial charge is 0.332 e. The molecule has 0 spiro atoms. The van der Waals surface area contributed by atoms with Crippen molar-refractivity contribution in [3.63, 3.8) is 0 Å². The van der Waals surface area contributed by atoms with Gasteiger partial charge in [0.25, 0.3) is 0 Å². The molecule has 0 aromatic carbocycles. The van der Waals surface area contributed by atoms with Gasteiger partial charge in [-0.05, 0) is 26.0 Å². The van der Waals surface area contributed by atoms with Gasteiger partial charge in [-0.1, -0.05) is 0 Å². The molecule has 20 heavy (non-hydrogen) atoms. The molecule has 0 atom stereocenters. The molecule has 5 nitrogen and oxygen atoms in total. The molecule has 0 amide bonds. The van der Waals surface area contributed by atoms with Crippen molar-refractivity contribution >= 4 is 11.0 Å². The molecular formula is C15H14N4O. The summed E-state index contributed by atoms with van der Waals surface area (Å²) in [7, 11) is 0. The number of hydrogen-bond acceptors (Lipinski definition) is 4. The quantitative estimate of drug-likeness (QED) is 0.713. The maximum absolute atomic E-state index is 11.8. The minimum absolute atomic E-state index is 0.0536. The highest BCUT2D eigenvalue weighted by Crippen LogP contribution is 2.17. The van der Waals surface area contributed by atoms with Crippen LogP contribution in [0.1, 0.15) is 12.6 Å². The van der Waals surface area contributed by atoms with Crippen LogP contribution in [0.2, 0.25) is 0 Å². The number of nitrogens with zero attached hydrogens (tertiary/aromatic N) is 4. The Morgan fingerprint density at radius 1 is 1.25 bits per heavy atom. The van der Waals surface area contributed by atoms with E-state index in [2.05, 4.69) is 15.0 Å². The third kappa shape index (κ3) is 2.07. The fourth-order valence-electron chi connectivity index (χ4n) is 2.16. The molecular weight excluding hydrogens is 252 g/mol. The first-order valence-corrected chi connectivity index (χ1v) is 6.48. The van der Waals surface area contributed by atoms with Crippen molar-refractivity contribution in [3.8, 4) is 11.4 Å². The van der Waals surface area contributed by atoms with Gasteiger partial charge in [-0.2, -0.15) is 0 Å². The zero-order valence-electron chi connectivity index (χ0n) is 11.4.